The Balaban J connectivity index is 1.91. The van der Waals surface area contributed by atoms with E-state index in [-0.39, 0.29) is 12.2 Å². The van der Waals surface area contributed by atoms with Gasteiger partial charge in [-0.3, -0.25) is 9.78 Å². The molecule has 2 heterocycles. The molecule has 178 valence electrons. The largest absolute Gasteiger partial charge is 0.491 e. The normalized spacial score (nSPS) is 13.8. The van der Waals surface area contributed by atoms with Gasteiger partial charge in [0.05, 0.1) is 22.1 Å². The zero-order valence-corrected chi connectivity index (χ0v) is 20.9. The van der Waals surface area contributed by atoms with Gasteiger partial charge in [-0.05, 0) is 76.6 Å². The first-order chi connectivity index (χ1) is 15.3. The van der Waals surface area contributed by atoms with E-state index < -0.39 is 17.2 Å². The van der Waals surface area contributed by atoms with Crippen molar-refractivity contribution in [3.8, 4) is 5.75 Å². The summed E-state index contributed by atoms with van der Waals surface area (Å²) in [4.78, 5) is 29.8. The van der Waals surface area contributed by atoms with Crippen LogP contribution in [0.3, 0.4) is 0 Å². The van der Waals surface area contributed by atoms with Crippen molar-refractivity contribution >= 4 is 27.8 Å². The third kappa shape index (κ3) is 5.64. The molecule has 0 fully saturated rings. The molecule has 0 aliphatic carbocycles. The Morgan fingerprint density at radius 2 is 1.82 bits per heavy atom. The number of nitrogens with one attached hydrogen (secondary N) is 1. The summed E-state index contributed by atoms with van der Waals surface area (Å²) in [5.41, 5.74) is 0.319. The van der Waals surface area contributed by atoms with Gasteiger partial charge in [-0.2, -0.15) is 0 Å². The minimum atomic E-state index is -0.636. The number of pyridine rings is 2. The molecule has 7 nitrogen and oxygen atoms in total. The molecule has 1 N–H and O–H groups in total. The van der Waals surface area contributed by atoms with Crippen molar-refractivity contribution < 1.29 is 14.3 Å². The summed E-state index contributed by atoms with van der Waals surface area (Å²) < 4.78 is 13.2. The second-order valence-corrected chi connectivity index (χ2v) is 10.4. The van der Waals surface area contributed by atoms with Crippen LogP contribution < -0.4 is 15.6 Å². The Morgan fingerprint density at radius 3 is 2.45 bits per heavy atom. The van der Waals surface area contributed by atoms with Gasteiger partial charge < -0.3 is 19.4 Å². The molecule has 0 aliphatic rings. The highest BCUT2D eigenvalue weighted by Gasteiger charge is 2.31. The van der Waals surface area contributed by atoms with Crippen molar-refractivity contribution in [2.75, 3.05) is 6.61 Å². The van der Waals surface area contributed by atoms with Crippen molar-refractivity contribution in [2.45, 2.75) is 66.0 Å². The average molecular weight is 454 g/mol. The van der Waals surface area contributed by atoms with Crippen molar-refractivity contribution in [2.24, 2.45) is 13.0 Å². The standard InChI is InChI=1S/C26H35N3O4/c1-16(2)14-26(7,28-24(31)33-25(4,5)6)15-32-18-9-10-19-20-11-12-27-17(3)22(20)29(8)23(30)21(19)13-18/h9-13,16H,14-15H2,1-8H3,(H,28,31)/t26-/m0/s1. The van der Waals surface area contributed by atoms with Gasteiger partial charge >= 0.3 is 6.09 Å². The molecule has 0 radical (unpaired) electrons. The second-order valence-electron chi connectivity index (χ2n) is 10.4. The van der Waals surface area contributed by atoms with E-state index in [1.807, 2.05) is 52.8 Å². The molecular formula is C26H35N3O4. The van der Waals surface area contributed by atoms with E-state index in [0.29, 0.717) is 23.5 Å². The summed E-state index contributed by atoms with van der Waals surface area (Å²) in [6, 6.07) is 7.47. The third-order valence-electron chi connectivity index (χ3n) is 5.48. The molecule has 0 spiro atoms. The lowest BCUT2D eigenvalue weighted by atomic mass is 9.91. The Bertz CT molecular complexity index is 1240. The third-order valence-corrected chi connectivity index (χ3v) is 5.48. The fourth-order valence-corrected chi connectivity index (χ4v) is 4.35. The minimum Gasteiger partial charge on any atom is -0.491 e. The van der Waals surface area contributed by atoms with Crippen LogP contribution in [0.15, 0.2) is 35.3 Å². The molecule has 1 atom stereocenters. The van der Waals surface area contributed by atoms with Gasteiger partial charge in [0, 0.05) is 18.6 Å². The molecule has 1 amide bonds. The maximum atomic E-state index is 13.1. The molecule has 7 heteroatoms. The number of alkyl carbamates (subject to hydrolysis) is 1. The first-order valence-corrected chi connectivity index (χ1v) is 11.3. The molecular weight excluding hydrogens is 418 g/mol. The first kappa shape index (κ1) is 24.6. The first-order valence-electron chi connectivity index (χ1n) is 11.3. The fourth-order valence-electron chi connectivity index (χ4n) is 4.35. The molecule has 0 saturated heterocycles. The molecule has 2 aromatic heterocycles. The van der Waals surface area contributed by atoms with Crippen molar-refractivity contribution in [1.29, 1.82) is 0 Å². The highest BCUT2D eigenvalue weighted by Crippen LogP contribution is 2.27. The average Bonchev–Trinajstić information content (AvgIpc) is 2.68. The van der Waals surface area contributed by atoms with Crippen LogP contribution in [0, 0.1) is 12.8 Å². The fraction of sp³-hybridized carbons (Fsp3) is 0.500. The second kappa shape index (κ2) is 9.04. The topological polar surface area (TPSA) is 82.5 Å². The predicted octanol–water partition coefficient (Wildman–Crippen LogP) is 5.10. The maximum Gasteiger partial charge on any atom is 0.408 e. The Hall–Kier alpha value is -3.09. The molecule has 0 saturated carbocycles. The molecule has 0 bridgehead atoms. The van der Waals surface area contributed by atoms with Crippen LogP contribution >= 0.6 is 0 Å². The zero-order chi connectivity index (χ0) is 24.6. The Kier molecular flexibility index (Phi) is 6.73. The van der Waals surface area contributed by atoms with E-state index in [4.69, 9.17) is 9.47 Å². The number of carbonyl (C=O) groups excluding carboxylic acids is 1. The van der Waals surface area contributed by atoms with Gasteiger partial charge in [0.2, 0.25) is 0 Å². The number of hydrogen-bond donors (Lipinski definition) is 1. The van der Waals surface area contributed by atoms with Gasteiger partial charge in [0.1, 0.15) is 18.0 Å². The van der Waals surface area contributed by atoms with Crippen LogP contribution in [0.4, 0.5) is 4.79 Å². The van der Waals surface area contributed by atoms with Gasteiger partial charge in [-0.1, -0.05) is 13.8 Å². The van der Waals surface area contributed by atoms with Gasteiger partial charge in [-0.25, -0.2) is 4.79 Å². The van der Waals surface area contributed by atoms with Crippen molar-refractivity contribution in [3.05, 3.63) is 46.5 Å². The highest BCUT2D eigenvalue weighted by atomic mass is 16.6. The van der Waals surface area contributed by atoms with E-state index >= 15 is 0 Å². The lowest BCUT2D eigenvalue weighted by Gasteiger charge is -2.33. The molecule has 3 rings (SSSR count). The van der Waals surface area contributed by atoms with Crippen LogP contribution in [-0.2, 0) is 11.8 Å². The molecule has 3 aromatic rings. The Morgan fingerprint density at radius 1 is 1.12 bits per heavy atom. The smallest absolute Gasteiger partial charge is 0.408 e. The van der Waals surface area contributed by atoms with Crippen molar-refractivity contribution in [1.82, 2.24) is 14.9 Å². The van der Waals surface area contributed by atoms with Gasteiger partial charge in [0.25, 0.3) is 5.56 Å². The highest BCUT2D eigenvalue weighted by molar-refractivity contribution is 6.06. The summed E-state index contributed by atoms with van der Waals surface area (Å²) in [5.74, 6) is 0.909. The summed E-state index contributed by atoms with van der Waals surface area (Å²) in [6.07, 6.45) is 1.99. The van der Waals surface area contributed by atoms with Gasteiger partial charge in [0.15, 0.2) is 0 Å². The SMILES string of the molecule is Cc1nccc2c3ccc(OC[C@](C)(CC(C)C)NC(=O)OC(C)(C)C)cc3c(=O)n(C)c12. The van der Waals surface area contributed by atoms with Crippen molar-refractivity contribution in [3.63, 3.8) is 0 Å². The molecule has 33 heavy (non-hydrogen) atoms. The number of benzene rings is 1. The maximum absolute atomic E-state index is 13.1. The lowest BCUT2D eigenvalue weighted by Crippen LogP contribution is -2.52. The number of fused-ring (bicyclic) bond motifs is 3. The van der Waals surface area contributed by atoms with E-state index in [0.717, 1.165) is 22.0 Å². The van der Waals surface area contributed by atoms with Crippen LogP contribution in [0.5, 0.6) is 5.75 Å². The number of rotatable bonds is 6. The number of carbonyl (C=O) groups is 1. The number of aromatic nitrogens is 2. The van der Waals surface area contributed by atoms with Crippen LogP contribution in [-0.4, -0.2) is 33.4 Å². The monoisotopic (exact) mass is 453 g/mol. The number of aryl methyl sites for hydroxylation is 2. The van der Waals surface area contributed by atoms with E-state index in [9.17, 15) is 9.59 Å². The summed E-state index contributed by atoms with van der Waals surface area (Å²) >= 11 is 0. The summed E-state index contributed by atoms with van der Waals surface area (Å²) in [5, 5.41) is 5.40. The molecule has 0 unspecified atom stereocenters. The number of ether oxygens (including phenoxy) is 2. The van der Waals surface area contributed by atoms with Crippen LogP contribution in [0.25, 0.3) is 21.7 Å². The van der Waals surface area contributed by atoms with Gasteiger partial charge in [-0.15, -0.1) is 0 Å². The quantitative estimate of drug-likeness (QED) is 0.525. The van der Waals surface area contributed by atoms with Crippen LogP contribution in [0.1, 0.15) is 53.7 Å². The summed E-state index contributed by atoms with van der Waals surface area (Å²) in [7, 11) is 1.76. The predicted molar refractivity (Wildman–Crippen MR) is 132 cm³/mol. The van der Waals surface area contributed by atoms with E-state index in [2.05, 4.69) is 24.1 Å². The van der Waals surface area contributed by atoms with E-state index in [1.165, 1.54) is 0 Å². The van der Waals surface area contributed by atoms with E-state index in [1.54, 1.807) is 23.9 Å². The minimum absolute atomic E-state index is 0.101. The number of nitrogens with zero attached hydrogens (tertiary/aromatic N) is 2. The lowest BCUT2D eigenvalue weighted by molar-refractivity contribution is 0.0408. The van der Waals surface area contributed by atoms with Crippen LogP contribution in [0.2, 0.25) is 0 Å². The number of hydrogen-bond acceptors (Lipinski definition) is 5. The summed E-state index contributed by atoms with van der Waals surface area (Å²) in [6.45, 7) is 13.8. The zero-order valence-electron chi connectivity index (χ0n) is 20.9. The molecule has 0 aliphatic heterocycles. The molecule has 1 aromatic carbocycles. The number of amides is 1. The Labute approximate surface area is 195 Å².